The predicted molar refractivity (Wildman–Crippen MR) is 119 cm³/mol. The van der Waals surface area contributed by atoms with Crippen LogP contribution in [0.25, 0.3) is 0 Å². The number of fused-ring (bicyclic) bond motifs is 1. The fourth-order valence-corrected chi connectivity index (χ4v) is 4.64. The molecule has 1 saturated carbocycles. The van der Waals surface area contributed by atoms with Crippen LogP contribution in [0.3, 0.4) is 0 Å². The van der Waals surface area contributed by atoms with Gasteiger partial charge in [-0.3, -0.25) is 19.3 Å². The molecule has 2 aliphatic heterocycles. The lowest BCUT2D eigenvalue weighted by molar-refractivity contribution is 0.0620. The van der Waals surface area contributed by atoms with Gasteiger partial charge in [-0.05, 0) is 42.7 Å². The molecule has 1 N–H and O–H groups in total. The molecule has 5 rings (SSSR count). The van der Waals surface area contributed by atoms with Crippen molar-refractivity contribution in [3.8, 4) is 0 Å². The van der Waals surface area contributed by atoms with Crippen LogP contribution in [0.1, 0.15) is 39.3 Å². The maximum absolute atomic E-state index is 13.1. The van der Waals surface area contributed by atoms with Gasteiger partial charge in [0.1, 0.15) is 17.9 Å². The van der Waals surface area contributed by atoms with Crippen molar-refractivity contribution in [2.75, 3.05) is 26.2 Å². The Bertz CT molecular complexity index is 1190. The van der Waals surface area contributed by atoms with Crippen LogP contribution in [0.2, 0.25) is 5.02 Å². The molecule has 9 nitrogen and oxygen atoms in total. The van der Waals surface area contributed by atoms with Gasteiger partial charge < -0.3 is 19.5 Å². The number of halogens is 1. The van der Waals surface area contributed by atoms with Crippen molar-refractivity contribution >= 4 is 29.5 Å². The number of cyclic esters (lactones) is 1. The second-order valence-electron chi connectivity index (χ2n) is 8.62. The smallest absolute Gasteiger partial charge is 0.410 e. The summed E-state index contributed by atoms with van der Waals surface area (Å²) in [5.74, 6) is -0.769. The van der Waals surface area contributed by atoms with E-state index in [0.29, 0.717) is 37.8 Å². The first-order valence-corrected chi connectivity index (χ1v) is 11.3. The quantitative estimate of drug-likeness (QED) is 0.694. The number of nitrogens with one attached hydrogen (secondary N) is 1. The largest absolute Gasteiger partial charge is 0.448 e. The second kappa shape index (κ2) is 8.22. The first-order chi connectivity index (χ1) is 15.9. The Morgan fingerprint density at radius 2 is 1.79 bits per heavy atom. The van der Waals surface area contributed by atoms with Gasteiger partial charge in [0.15, 0.2) is 0 Å². The van der Waals surface area contributed by atoms with Crippen LogP contribution in [-0.2, 0) is 17.8 Å². The van der Waals surface area contributed by atoms with E-state index in [1.54, 1.807) is 34.1 Å². The summed E-state index contributed by atoms with van der Waals surface area (Å²) >= 11 is 5.87. The maximum atomic E-state index is 13.1. The van der Waals surface area contributed by atoms with E-state index in [0.717, 1.165) is 18.4 Å². The van der Waals surface area contributed by atoms with Crippen LogP contribution in [0.15, 0.2) is 41.2 Å². The summed E-state index contributed by atoms with van der Waals surface area (Å²) in [6.45, 7) is 2.20. The van der Waals surface area contributed by atoms with Gasteiger partial charge in [-0.25, -0.2) is 4.79 Å². The van der Waals surface area contributed by atoms with E-state index in [2.05, 4.69) is 5.32 Å². The highest BCUT2D eigenvalue weighted by Gasteiger charge is 2.54. The highest BCUT2D eigenvalue weighted by molar-refractivity contribution is 6.30. The average molecular weight is 471 g/mol. The number of amides is 3. The van der Waals surface area contributed by atoms with Crippen LogP contribution in [-0.4, -0.2) is 64.1 Å². The minimum absolute atomic E-state index is 0.00700. The predicted octanol–water partition coefficient (Wildman–Crippen LogP) is 1.87. The van der Waals surface area contributed by atoms with Gasteiger partial charge in [0, 0.05) is 31.2 Å². The number of hydrogen-bond acceptors (Lipinski definition) is 5. The maximum Gasteiger partial charge on any atom is 0.410 e. The van der Waals surface area contributed by atoms with E-state index in [4.69, 9.17) is 16.3 Å². The Labute approximate surface area is 194 Å². The van der Waals surface area contributed by atoms with Crippen molar-refractivity contribution in [3.05, 3.63) is 68.6 Å². The number of ether oxygens (including phenoxy) is 1. The fraction of sp³-hybridized carbons (Fsp3) is 0.391. The Morgan fingerprint density at radius 3 is 2.45 bits per heavy atom. The molecule has 10 heteroatoms. The number of rotatable bonds is 6. The van der Waals surface area contributed by atoms with E-state index in [9.17, 15) is 19.2 Å². The zero-order chi connectivity index (χ0) is 23.2. The topological polar surface area (TPSA) is 101 Å². The van der Waals surface area contributed by atoms with Gasteiger partial charge in [-0.2, -0.15) is 0 Å². The van der Waals surface area contributed by atoms with Crippen LogP contribution in [0, 0.1) is 0 Å². The van der Waals surface area contributed by atoms with Gasteiger partial charge in [0.2, 0.25) is 0 Å². The van der Waals surface area contributed by atoms with Crippen molar-refractivity contribution < 1.29 is 19.1 Å². The molecule has 0 unspecified atom stereocenters. The highest BCUT2D eigenvalue weighted by Crippen LogP contribution is 2.44. The molecule has 2 aromatic rings. The summed E-state index contributed by atoms with van der Waals surface area (Å²) in [7, 11) is 0. The van der Waals surface area contributed by atoms with E-state index in [1.807, 2.05) is 0 Å². The molecule has 3 aliphatic rings. The third-order valence-electron chi connectivity index (χ3n) is 6.53. The van der Waals surface area contributed by atoms with Crippen molar-refractivity contribution in [3.63, 3.8) is 0 Å². The zero-order valence-electron chi connectivity index (χ0n) is 17.9. The second-order valence-corrected chi connectivity index (χ2v) is 9.05. The van der Waals surface area contributed by atoms with Gasteiger partial charge in [0.05, 0.1) is 12.1 Å². The van der Waals surface area contributed by atoms with Crippen molar-refractivity contribution in [1.29, 1.82) is 0 Å². The van der Waals surface area contributed by atoms with Gasteiger partial charge in [-0.15, -0.1) is 0 Å². The van der Waals surface area contributed by atoms with Crippen LogP contribution >= 0.6 is 11.6 Å². The minimum atomic E-state index is -0.496. The molecule has 1 aliphatic carbocycles. The van der Waals surface area contributed by atoms with Crippen LogP contribution in [0.5, 0.6) is 0 Å². The molecule has 1 aromatic heterocycles. The van der Waals surface area contributed by atoms with Gasteiger partial charge in [0.25, 0.3) is 17.4 Å². The monoisotopic (exact) mass is 470 g/mol. The lowest BCUT2D eigenvalue weighted by Crippen LogP contribution is -2.52. The van der Waals surface area contributed by atoms with Gasteiger partial charge >= 0.3 is 6.09 Å². The molecule has 3 heterocycles. The lowest BCUT2D eigenvalue weighted by Gasteiger charge is -2.35. The molecular formula is C23H23ClN4O5. The molecule has 1 saturated heterocycles. The summed E-state index contributed by atoms with van der Waals surface area (Å²) in [4.78, 5) is 54.1. The highest BCUT2D eigenvalue weighted by atomic mass is 35.5. The standard InChI is InChI=1S/C23H23ClN4O5/c24-16-3-1-15(2-4-16)13-25-19(29)17-5-6-18-21(31)26(9-10-27(18)20(17)30)14-23(7-8-23)28-11-12-33-22(28)32/h1-6H,7-14H2,(H,25,29). The first-order valence-electron chi connectivity index (χ1n) is 10.9. The third-order valence-corrected chi connectivity index (χ3v) is 6.78. The van der Waals surface area contributed by atoms with Crippen LogP contribution in [0.4, 0.5) is 4.79 Å². The molecular weight excluding hydrogens is 448 g/mol. The average Bonchev–Trinajstić information content (AvgIpc) is 3.45. The number of pyridine rings is 1. The first kappa shape index (κ1) is 21.5. The SMILES string of the molecule is O=C(NCc1ccc(Cl)cc1)c1ccc2n(c1=O)CCN(CC1(N3CCOC3=O)CC1)C2=O. The Morgan fingerprint density at radius 1 is 1.03 bits per heavy atom. The molecule has 3 amide bonds. The molecule has 0 bridgehead atoms. The number of hydrogen-bond donors (Lipinski definition) is 1. The molecule has 0 spiro atoms. The summed E-state index contributed by atoms with van der Waals surface area (Å²) in [5, 5.41) is 3.34. The van der Waals surface area contributed by atoms with Gasteiger partial charge in [-0.1, -0.05) is 23.7 Å². The molecule has 0 radical (unpaired) electrons. The number of carbonyl (C=O) groups excluding carboxylic acids is 3. The third kappa shape index (κ3) is 3.97. The van der Waals surface area contributed by atoms with Crippen molar-refractivity contribution in [2.24, 2.45) is 0 Å². The summed E-state index contributed by atoms with van der Waals surface area (Å²) in [5.41, 5.74) is 0.242. The molecule has 1 aromatic carbocycles. The van der Waals surface area contributed by atoms with Crippen molar-refractivity contribution in [2.45, 2.75) is 31.5 Å². The van der Waals surface area contributed by atoms with Crippen LogP contribution < -0.4 is 10.9 Å². The van der Waals surface area contributed by atoms with E-state index in [-0.39, 0.29) is 35.3 Å². The zero-order valence-corrected chi connectivity index (χ0v) is 18.6. The van der Waals surface area contributed by atoms with Crippen molar-refractivity contribution in [1.82, 2.24) is 19.7 Å². The molecule has 172 valence electrons. The summed E-state index contributed by atoms with van der Waals surface area (Å²) in [6, 6.07) is 9.97. The Kier molecular flexibility index (Phi) is 5.36. The fourth-order valence-electron chi connectivity index (χ4n) is 4.51. The lowest BCUT2D eigenvalue weighted by atomic mass is 10.1. The minimum Gasteiger partial charge on any atom is -0.448 e. The van der Waals surface area contributed by atoms with E-state index < -0.39 is 11.5 Å². The normalized spacial score (nSPS) is 18.7. The van der Waals surface area contributed by atoms with E-state index in [1.165, 1.54) is 16.7 Å². The Balaban J connectivity index is 1.29. The number of carbonyl (C=O) groups is 3. The molecule has 0 atom stereocenters. The summed E-state index contributed by atoms with van der Waals surface area (Å²) < 4.78 is 6.42. The molecule has 33 heavy (non-hydrogen) atoms. The number of nitrogens with zero attached hydrogens (tertiary/aromatic N) is 3. The summed E-state index contributed by atoms with van der Waals surface area (Å²) in [6.07, 6.45) is 1.32. The number of aromatic nitrogens is 1. The Hall–Kier alpha value is -3.33. The van der Waals surface area contributed by atoms with E-state index >= 15 is 0 Å². The molecule has 2 fully saturated rings. The number of benzene rings is 1.